The second-order valence-corrected chi connectivity index (χ2v) is 11.0. The van der Waals surface area contributed by atoms with Crippen LogP contribution in [0.3, 0.4) is 0 Å². The van der Waals surface area contributed by atoms with Gasteiger partial charge in [-0.2, -0.15) is 0 Å². The average Bonchev–Trinajstić information content (AvgIpc) is 2.86. The van der Waals surface area contributed by atoms with E-state index >= 15 is 0 Å². The second kappa shape index (κ2) is 12.4. The van der Waals surface area contributed by atoms with Crippen molar-refractivity contribution in [2.45, 2.75) is 70.5 Å². The van der Waals surface area contributed by atoms with Gasteiger partial charge in [0, 0.05) is 62.4 Å². The maximum atomic E-state index is 6.60. The van der Waals surface area contributed by atoms with E-state index in [0.29, 0.717) is 23.1 Å². The number of anilines is 2. The summed E-state index contributed by atoms with van der Waals surface area (Å²) in [5.41, 5.74) is 3.50. The first-order valence-corrected chi connectivity index (χ1v) is 13.4. The van der Waals surface area contributed by atoms with Gasteiger partial charge in [-0.3, -0.25) is 0 Å². The van der Waals surface area contributed by atoms with Crippen molar-refractivity contribution in [2.24, 2.45) is 5.41 Å². The smallest absolute Gasteiger partial charge is 0.126 e. The van der Waals surface area contributed by atoms with Crippen molar-refractivity contribution in [3.05, 3.63) is 41.6 Å². The quantitative estimate of drug-likeness (QED) is 0.373. The monoisotopic (exact) mass is 500 g/mol. The highest BCUT2D eigenvalue weighted by Crippen LogP contribution is 2.33. The van der Waals surface area contributed by atoms with Crippen LogP contribution in [-0.2, 0) is 9.47 Å². The Labute approximate surface area is 215 Å². The number of hydrogen-bond donors (Lipinski definition) is 3. The van der Waals surface area contributed by atoms with Crippen molar-refractivity contribution in [1.82, 2.24) is 10.3 Å². The number of ether oxygens (including phenoxy) is 2. The van der Waals surface area contributed by atoms with E-state index in [0.717, 1.165) is 87.5 Å². The minimum absolute atomic E-state index is 0.274. The van der Waals surface area contributed by atoms with E-state index in [1.807, 2.05) is 0 Å². The molecule has 0 spiro atoms. The number of nitrogens with zero attached hydrogens (tertiary/aromatic N) is 1. The van der Waals surface area contributed by atoms with E-state index in [1.165, 1.54) is 0 Å². The number of hydrogen-bond acceptors (Lipinski definition) is 6. The molecular formula is C28H41ClN4O2. The highest BCUT2D eigenvalue weighted by Gasteiger charge is 2.27. The zero-order valence-electron chi connectivity index (χ0n) is 21.4. The van der Waals surface area contributed by atoms with E-state index in [2.05, 4.69) is 65.1 Å². The summed E-state index contributed by atoms with van der Waals surface area (Å²) in [6.45, 7) is 7.92. The zero-order valence-corrected chi connectivity index (χ0v) is 22.2. The zero-order chi connectivity index (χ0) is 24.7. The molecule has 1 aliphatic carbocycles. The third-order valence-corrected chi connectivity index (χ3v) is 7.77. The Morgan fingerprint density at radius 1 is 1.14 bits per heavy atom. The molecular weight excluding hydrogens is 460 g/mol. The molecule has 0 bridgehead atoms. The molecule has 2 heterocycles. The van der Waals surface area contributed by atoms with Crippen LogP contribution in [0.25, 0.3) is 11.1 Å². The molecule has 7 heteroatoms. The normalized spacial score (nSPS) is 23.0. The number of aromatic nitrogens is 1. The molecule has 6 nitrogen and oxygen atoms in total. The molecule has 1 aromatic carbocycles. The van der Waals surface area contributed by atoms with Crippen LogP contribution in [0.2, 0.25) is 5.02 Å². The van der Waals surface area contributed by atoms with E-state index in [-0.39, 0.29) is 5.41 Å². The molecule has 2 fully saturated rings. The fraction of sp³-hybridized carbons (Fsp3) is 0.607. The van der Waals surface area contributed by atoms with E-state index in [4.69, 9.17) is 21.1 Å². The van der Waals surface area contributed by atoms with Crippen LogP contribution < -0.4 is 16.0 Å². The van der Waals surface area contributed by atoms with Gasteiger partial charge in [0.05, 0.1) is 11.6 Å². The molecule has 4 rings (SSSR count). The van der Waals surface area contributed by atoms with Gasteiger partial charge in [-0.1, -0.05) is 30.7 Å². The fourth-order valence-corrected chi connectivity index (χ4v) is 5.42. The lowest BCUT2D eigenvalue weighted by molar-refractivity contribution is 0.0300. The molecule has 0 amide bonds. The van der Waals surface area contributed by atoms with Crippen LogP contribution in [0.5, 0.6) is 0 Å². The van der Waals surface area contributed by atoms with Crippen molar-refractivity contribution in [1.29, 1.82) is 0 Å². The van der Waals surface area contributed by atoms with Crippen LogP contribution in [0.1, 0.15) is 52.4 Å². The van der Waals surface area contributed by atoms with Gasteiger partial charge in [-0.05, 0) is 74.6 Å². The Hall–Kier alpha value is -1.86. The van der Waals surface area contributed by atoms with Gasteiger partial charge >= 0.3 is 0 Å². The van der Waals surface area contributed by atoms with Crippen LogP contribution in [-0.4, -0.2) is 56.6 Å². The van der Waals surface area contributed by atoms with Gasteiger partial charge in [0.25, 0.3) is 0 Å². The van der Waals surface area contributed by atoms with E-state index < -0.39 is 0 Å². The lowest BCUT2D eigenvalue weighted by Gasteiger charge is -2.34. The van der Waals surface area contributed by atoms with E-state index in [1.54, 1.807) is 13.3 Å². The summed E-state index contributed by atoms with van der Waals surface area (Å²) in [6.07, 6.45) is 8.52. The van der Waals surface area contributed by atoms with Gasteiger partial charge in [0.15, 0.2) is 0 Å². The largest absolute Gasteiger partial charge is 0.384 e. The second-order valence-electron chi connectivity index (χ2n) is 10.6. The SMILES string of the molecule is COC[C@H](C)NC1CCC(Nc2cc(-c3cccc(NCC4(C)CCOCC4)c3)c(Cl)cn2)CC1. The van der Waals surface area contributed by atoms with Gasteiger partial charge in [-0.15, -0.1) is 0 Å². The first kappa shape index (κ1) is 26.2. The number of pyridine rings is 1. The molecule has 1 aliphatic heterocycles. The third-order valence-electron chi connectivity index (χ3n) is 7.46. The Balaban J connectivity index is 1.36. The Bertz CT molecular complexity index is 942. The van der Waals surface area contributed by atoms with Crippen molar-refractivity contribution >= 4 is 23.1 Å². The Morgan fingerprint density at radius 2 is 1.89 bits per heavy atom. The van der Waals surface area contributed by atoms with Gasteiger partial charge < -0.3 is 25.4 Å². The molecule has 0 radical (unpaired) electrons. The summed E-state index contributed by atoms with van der Waals surface area (Å²) in [6, 6.07) is 12.0. The summed E-state index contributed by atoms with van der Waals surface area (Å²) in [5, 5.41) is 11.7. The molecule has 192 valence electrons. The van der Waals surface area contributed by atoms with Crippen molar-refractivity contribution in [3.63, 3.8) is 0 Å². The number of benzene rings is 1. The lowest BCUT2D eigenvalue weighted by atomic mass is 9.82. The maximum Gasteiger partial charge on any atom is 0.126 e. The van der Waals surface area contributed by atoms with E-state index in [9.17, 15) is 0 Å². The molecule has 1 saturated carbocycles. The summed E-state index contributed by atoms with van der Waals surface area (Å²) in [5.74, 6) is 0.890. The molecule has 1 saturated heterocycles. The number of nitrogens with one attached hydrogen (secondary N) is 3. The molecule has 1 aromatic heterocycles. The minimum atomic E-state index is 0.274. The van der Waals surface area contributed by atoms with Crippen LogP contribution in [0.4, 0.5) is 11.5 Å². The predicted molar refractivity (Wildman–Crippen MR) is 145 cm³/mol. The molecule has 2 aliphatic rings. The third kappa shape index (κ3) is 7.56. The topological polar surface area (TPSA) is 67.4 Å². The summed E-state index contributed by atoms with van der Waals surface area (Å²) in [7, 11) is 1.76. The molecule has 35 heavy (non-hydrogen) atoms. The van der Waals surface area contributed by atoms with Crippen LogP contribution in [0.15, 0.2) is 36.5 Å². The number of methoxy groups -OCH3 is 1. The van der Waals surface area contributed by atoms with Crippen molar-refractivity contribution < 1.29 is 9.47 Å². The predicted octanol–water partition coefficient (Wildman–Crippen LogP) is 5.98. The standard InChI is InChI=1S/C28H41ClN4O2/c1-20(18-34-3)32-22-7-9-23(10-8-22)33-27-16-25(26(29)17-30-27)21-5-4-6-24(15-21)31-19-28(2)11-13-35-14-12-28/h4-6,15-17,20,22-23,31-32H,7-14,18-19H2,1-3H3,(H,30,33)/t20-,22?,23?/m0/s1. The van der Waals surface area contributed by atoms with Crippen LogP contribution >= 0.6 is 11.6 Å². The molecule has 1 atom stereocenters. The molecule has 3 N–H and O–H groups in total. The summed E-state index contributed by atoms with van der Waals surface area (Å²) >= 11 is 6.60. The van der Waals surface area contributed by atoms with Gasteiger partial charge in [-0.25, -0.2) is 4.98 Å². The number of rotatable bonds is 10. The molecule has 0 unspecified atom stereocenters. The summed E-state index contributed by atoms with van der Waals surface area (Å²) in [4.78, 5) is 4.58. The van der Waals surface area contributed by atoms with Crippen molar-refractivity contribution in [2.75, 3.05) is 44.1 Å². The van der Waals surface area contributed by atoms with Gasteiger partial charge in [0.2, 0.25) is 0 Å². The first-order valence-electron chi connectivity index (χ1n) is 13.0. The van der Waals surface area contributed by atoms with Gasteiger partial charge in [0.1, 0.15) is 5.82 Å². The minimum Gasteiger partial charge on any atom is -0.384 e. The van der Waals surface area contributed by atoms with Crippen LogP contribution in [0, 0.1) is 5.41 Å². The first-order chi connectivity index (χ1) is 16.9. The summed E-state index contributed by atoms with van der Waals surface area (Å²) < 4.78 is 10.8. The average molecular weight is 501 g/mol. The molecule has 2 aromatic rings. The maximum absolute atomic E-state index is 6.60. The fourth-order valence-electron chi connectivity index (χ4n) is 5.21. The Morgan fingerprint density at radius 3 is 2.63 bits per heavy atom. The highest BCUT2D eigenvalue weighted by molar-refractivity contribution is 6.33. The highest BCUT2D eigenvalue weighted by atomic mass is 35.5. The van der Waals surface area contributed by atoms with Crippen molar-refractivity contribution in [3.8, 4) is 11.1 Å². The lowest BCUT2D eigenvalue weighted by Crippen LogP contribution is -2.42. The Kier molecular flexibility index (Phi) is 9.28. The number of halogens is 1.